The van der Waals surface area contributed by atoms with Gasteiger partial charge in [0.2, 0.25) is 10.0 Å². The molecule has 1 aliphatic heterocycles. The summed E-state index contributed by atoms with van der Waals surface area (Å²) in [5.74, 6) is -0.403. The van der Waals surface area contributed by atoms with Gasteiger partial charge in [-0.2, -0.15) is 0 Å². The molecule has 0 aromatic heterocycles. The summed E-state index contributed by atoms with van der Waals surface area (Å²) in [6, 6.07) is 0. The van der Waals surface area contributed by atoms with Crippen LogP contribution in [0, 0.1) is 0 Å². The molecule has 2 atom stereocenters. The van der Waals surface area contributed by atoms with Crippen molar-refractivity contribution in [3.05, 3.63) is 0 Å². The molecule has 0 aromatic rings. The maximum atomic E-state index is 11.8. The van der Waals surface area contributed by atoms with Crippen LogP contribution >= 0.6 is 0 Å². The molecule has 0 aliphatic carbocycles. The van der Waals surface area contributed by atoms with E-state index >= 15 is 0 Å². The maximum Gasteiger partial charge on any atom is 0.215 e. The van der Waals surface area contributed by atoms with Crippen LogP contribution in [0.5, 0.6) is 0 Å². The number of sulfonamides is 1. The quantitative estimate of drug-likeness (QED) is 0.692. The fraction of sp³-hybridized carbons (Fsp3) is 1.00. The lowest BCUT2D eigenvalue weighted by molar-refractivity contribution is 0.0613. The molecule has 1 fully saturated rings. The zero-order valence-corrected chi connectivity index (χ0v) is 11.6. The Morgan fingerprint density at radius 1 is 1.47 bits per heavy atom. The minimum atomic E-state index is -3.66. The number of nitrogens with one attached hydrogen (secondary N) is 1. The van der Waals surface area contributed by atoms with Crippen molar-refractivity contribution in [1.82, 2.24) is 4.72 Å². The molecule has 17 heavy (non-hydrogen) atoms. The van der Waals surface area contributed by atoms with Gasteiger partial charge in [0.25, 0.3) is 0 Å². The number of aliphatic hydroxyl groups is 1. The second-order valence-corrected chi connectivity index (χ2v) is 9.02. The summed E-state index contributed by atoms with van der Waals surface area (Å²) in [5.41, 5.74) is -1.11. The highest BCUT2D eigenvalue weighted by Crippen LogP contribution is 2.18. The molecule has 0 spiro atoms. The van der Waals surface area contributed by atoms with E-state index in [9.17, 15) is 21.9 Å². The van der Waals surface area contributed by atoms with E-state index in [1.165, 1.54) is 6.92 Å². The van der Waals surface area contributed by atoms with E-state index in [0.717, 1.165) is 0 Å². The number of rotatable bonds is 5. The molecule has 102 valence electrons. The normalized spacial score (nSPS) is 27.8. The molecule has 6 nitrogen and oxygen atoms in total. The fourth-order valence-corrected chi connectivity index (χ4v) is 5.71. The molecule has 2 N–H and O–H groups in total. The zero-order valence-electron chi connectivity index (χ0n) is 10.0. The van der Waals surface area contributed by atoms with Crippen LogP contribution in [0.2, 0.25) is 0 Å². The van der Waals surface area contributed by atoms with Crippen molar-refractivity contribution in [2.75, 3.05) is 18.1 Å². The van der Waals surface area contributed by atoms with Gasteiger partial charge in [-0.25, -0.2) is 21.6 Å². The van der Waals surface area contributed by atoms with Crippen LogP contribution in [-0.2, 0) is 19.9 Å². The molecule has 0 amide bonds. The molecule has 1 aliphatic rings. The monoisotopic (exact) mass is 285 g/mol. The van der Waals surface area contributed by atoms with E-state index in [4.69, 9.17) is 0 Å². The van der Waals surface area contributed by atoms with Crippen LogP contribution < -0.4 is 4.72 Å². The third kappa shape index (κ3) is 4.20. The Balaban J connectivity index is 2.65. The van der Waals surface area contributed by atoms with Crippen LogP contribution in [0.15, 0.2) is 0 Å². The number of sulfone groups is 1. The molecule has 1 saturated heterocycles. The van der Waals surface area contributed by atoms with Gasteiger partial charge in [-0.15, -0.1) is 0 Å². The number of hydrogen-bond donors (Lipinski definition) is 2. The molecule has 8 heteroatoms. The first kappa shape index (κ1) is 14.9. The highest BCUT2D eigenvalue weighted by Gasteiger charge is 2.37. The van der Waals surface area contributed by atoms with Gasteiger partial charge in [-0.05, 0) is 19.8 Å². The lowest BCUT2D eigenvalue weighted by atomic mass is 10.1. The van der Waals surface area contributed by atoms with E-state index in [1.54, 1.807) is 6.92 Å². The van der Waals surface area contributed by atoms with Crippen molar-refractivity contribution in [2.45, 2.75) is 37.5 Å². The summed E-state index contributed by atoms with van der Waals surface area (Å²) in [6.07, 6.45) is 0.546. The number of hydrogen-bond acceptors (Lipinski definition) is 5. The molecule has 2 unspecified atom stereocenters. The first-order valence-electron chi connectivity index (χ1n) is 5.49. The Bertz CT molecular complexity index is 466. The average molecular weight is 285 g/mol. The van der Waals surface area contributed by atoms with E-state index in [2.05, 4.69) is 4.72 Å². The van der Waals surface area contributed by atoms with Gasteiger partial charge in [-0.3, -0.25) is 0 Å². The van der Waals surface area contributed by atoms with Gasteiger partial charge < -0.3 is 5.11 Å². The molecule has 0 radical (unpaired) electrons. The van der Waals surface area contributed by atoms with Gasteiger partial charge in [0, 0.05) is 6.54 Å². The summed E-state index contributed by atoms with van der Waals surface area (Å²) >= 11 is 0. The third-order valence-electron chi connectivity index (χ3n) is 3.05. The van der Waals surface area contributed by atoms with Crippen molar-refractivity contribution in [3.63, 3.8) is 0 Å². The lowest BCUT2D eigenvalue weighted by Gasteiger charge is -2.22. The molecule has 1 heterocycles. The predicted octanol–water partition coefficient (Wildman–Crippen LogP) is -0.746. The van der Waals surface area contributed by atoms with Gasteiger partial charge >= 0.3 is 0 Å². The summed E-state index contributed by atoms with van der Waals surface area (Å²) in [4.78, 5) is 0. The third-order valence-corrected chi connectivity index (χ3v) is 6.85. The molecule has 0 aromatic carbocycles. The smallest absolute Gasteiger partial charge is 0.215 e. The van der Waals surface area contributed by atoms with E-state index < -0.39 is 30.7 Å². The largest absolute Gasteiger partial charge is 0.389 e. The highest BCUT2D eigenvalue weighted by atomic mass is 32.2. The zero-order chi connectivity index (χ0) is 13.3. The minimum Gasteiger partial charge on any atom is -0.389 e. The first-order valence-corrected chi connectivity index (χ1v) is 8.86. The van der Waals surface area contributed by atoms with Crippen molar-refractivity contribution in [3.8, 4) is 0 Å². The van der Waals surface area contributed by atoms with Crippen molar-refractivity contribution in [1.29, 1.82) is 0 Å². The van der Waals surface area contributed by atoms with E-state index in [-0.39, 0.29) is 24.5 Å². The minimum absolute atomic E-state index is 0.0806. The average Bonchev–Trinajstić information content (AvgIpc) is 2.57. The Morgan fingerprint density at radius 3 is 2.47 bits per heavy atom. The SMILES string of the molecule is CCC(C)(O)CNS(=O)(=O)C1CCS(=O)(=O)C1. The second-order valence-electron chi connectivity index (χ2n) is 4.74. The topological polar surface area (TPSA) is 101 Å². The highest BCUT2D eigenvalue weighted by molar-refractivity contribution is 7.95. The molecule has 0 saturated carbocycles. The summed E-state index contributed by atoms with van der Waals surface area (Å²) in [5, 5.41) is 8.80. The summed E-state index contributed by atoms with van der Waals surface area (Å²) in [7, 11) is -6.88. The van der Waals surface area contributed by atoms with Gasteiger partial charge in [-0.1, -0.05) is 6.92 Å². The standard InChI is InChI=1S/C9H19NO5S2/c1-3-9(2,11)7-10-17(14,15)8-4-5-16(12,13)6-8/h8,10-11H,3-7H2,1-2H3. The van der Waals surface area contributed by atoms with Gasteiger partial charge in [0.15, 0.2) is 9.84 Å². The molecule has 0 bridgehead atoms. The molecule has 1 rings (SSSR count). The second kappa shape index (κ2) is 4.83. The van der Waals surface area contributed by atoms with Crippen molar-refractivity contribution >= 4 is 19.9 Å². The molecular formula is C9H19NO5S2. The van der Waals surface area contributed by atoms with Crippen LogP contribution in [0.3, 0.4) is 0 Å². The Morgan fingerprint density at radius 2 is 2.06 bits per heavy atom. The fourth-order valence-electron chi connectivity index (χ4n) is 1.50. The van der Waals surface area contributed by atoms with Gasteiger partial charge in [0.1, 0.15) is 0 Å². The van der Waals surface area contributed by atoms with Crippen LogP contribution in [0.1, 0.15) is 26.7 Å². The Labute approximate surface area is 102 Å². The van der Waals surface area contributed by atoms with E-state index in [1.807, 2.05) is 0 Å². The van der Waals surface area contributed by atoms with Crippen molar-refractivity contribution in [2.24, 2.45) is 0 Å². The van der Waals surface area contributed by atoms with Crippen LogP contribution in [0.25, 0.3) is 0 Å². The maximum absolute atomic E-state index is 11.8. The summed E-state index contributed by atoms with van der Waals surface area (Å²) in [6.45, 7) is 3.18. The van der Waals surface area contributed by atoms with Crippen LogP contribution in [-0.4, -0.2) is 50.8 Å². The van der Waals surface area contributed by atoms with Crippen LogP contribution in [0.4, 0.5) is 0 Å². The Hall–Kier alpha value is -0.180. The molecular weight excluding hydrogens is 266 g/mol. The predicted molar refractivity (Wildman–Crippen MR) is 64.9 cm³/mol. The summed E-state index contributed by atoms with van der Waals surface area (Å²) < 4.78 is 48.3. The lowest BCUT2D eigenvalue weighted by Crippen LogP contribution is -2.44. The Kier molecular flexibility index (Phi) is 4.23. The first-order chi connectivity index (χ1) is 7.58. The van der Waals surface area contributed by atoms with Crippen molar-refractivity contribution < 1.29 is 21.9 Å². The van der Waals surface area contributed by atoms with E-state index in [0.29, 0.717) is 6.42 Å². The van der Waals surface area contributed by atoms with Gasteiger partial charge in [0.05, 0.1) is 22.4 Å².